The van der Waals surface area contributed by atoms with Gasteiger partial charge in [-0.2, -0.15) is 5.10 Å². The highest BCUT2D eigenvalue weighted by Gasteiger charge is 2.18. The van der Waals surface area contributed by atoms with Crippen molar-refractivity contribution in [2.24, 2.45) is 5.73 Å². The molecule has 22 heavy (non-hydrogen) atoms. The van der Waals surface area contributed by atoms with Gasteiger partial charge in [-0.25, -0.2) is 4.68 Å². The van der Waals surface area contributed by atoms with Gasteiger partial charge in [-0.3, -0.25) is 9.59 Å². The van der Waals surface area contributed by atoms with E-state index in [0.29, 0.717) is 23.8 Å². The third kappa shape index (κ3) is 3.84. The molecule has 2 amide bonds. The topological polar surface area (TPSA) is 93.2 Å². The molecule has 1 heterocycles. The zero-order chi connectivity index (χ0) is 16.1. The Hall–Kier alpha value is -2.38. The van der Waals surface area contributed by atoms with Crippen molar-refractivity contribution in [1.29, 1.82) is 0 Å². The van der Waals surface area contributed by atoms with Crippen LogP contribution in [0.4, 0.5) is 5.69 Å². The fourth-order valence-electron chi connectivity index (χ4n) is 1.78. The molecule has 0 spiro atoms. The maximum atomic E-state index is 11.8. The molecule has 0 unspecified atom stereocenters. The highest BCUT2D eigenvalue weighted by atomic mass is 35.5. The second kappa shape index (κ2) is 7.06. The summed E-state index contributed by atoms with van der Waals surface area (Å²) in [6.07, 6.45) is 3.07. The maximum Gasteiger partial charge on any atom is 0.313 e. The van der Waals surface area contributed by atoms with E-state index in [1.807, 2.05) is 0 Å². The average Bonchev–Trinajstić information content (AvgIpc) is 2.95. The van der Waals surface area contributed by atoms with Gasteiger partial charge < -0.3 is 16.0 Å². The predicted octanol–water partition coefficient (Wildman–Crippen LogP) is 0.881. The fourth-order valence-corrected chi connectivity index (χ4v) is 1.90. The number of hydrogen-bond donors (Lipinski definition) is 2. The first kappa shape index (κ1) is 16.0. The van der Waals surface area contributed by atoms with Gasteiger partial charge in [0.2, 0.25) is 0 Å². The molecule has 0 saturated carbocycles. The smallest absolute Gasteiger partial charge is 0.313 e. The first-order valence-electron chi connectivity index (χ1n) is 6.58. The Balaban J connectivity index is 2.04. The van der Waals surface area contributed by atoms with E-state index in [1.165, 1.54) is 18.1 Å². The minimum Gasteiger partial charge on any atom is -0.336 e. The number of likely N-dealkylation sites (N-methyl/N-ethyl adjacent to an activating group) is 1. The van der Waals surface area contributed by atoms with Crippen molar-refractivity contribution >= 4 is 29.1 Å². The van der Waals surface area contributed by atoms with E-state index in [9.17, 15) is 9.59 Å². The highest BCUT2D eigenvalue weighted by molar-refractivity contribution is 6.39. The number of halogens is 1. The normalized spacial score (nSPS) is 10.3. The van der Waals surface area contributed by atoms with Crippen LogP contribution in [0.1, 0.15) is 0 Å². The number of nitrogens with one attached hydrogen (secondary N) is 1. The van der Waals surface area contributed by atoms with Gasteiger partial charge in [0.15, 0.2) is 0 Å². The standard InChI is InChI=1S/C14H16ClN5O2/c1-19(7-6-16)14(22)13(21)18-11-8-17-20(9-11)12-4-2-10(15)3-5-12/h2-5,8-9H,6-7,16H2,1H3,(H,18,21). The lowest BCUT2D eigenvalue weighted by molar-refractivity contribution is -0.142. The van der Waals surface area contributed by atoms with Gasteiger partial charge in [0.1, 0.15) is 0 Å². The van der Waals surface area contributed by atoms with Crippen molar-refractivity contribution in [1.82, 2.24) is 14.7 Å². The lowest BCUT2D eigenvalue weighted by Gasteiger charge is -2.14. The van der Waals surface area contributed by atoms with Crippen LogP contribution < -0.4 is 11.1 Å². The fraction of sp³-hybridized carbons (Fsp3) is 0.214. The van der Waals surface area contributed by atoms with Gasteiger partial charge in [-0.1, -0.05) is 11.6 Å². The number of carbonyl (C=O) groups excluding carboxylic acids is 2. The lowest BCUT2D eigenvalue weighted by atomic mass is 10.3. The van der Waals surface area contributed by atoms with Crippen LogP contribution in [0.3, 0.4) is 0 Å². The summed E-state index contributed by atoms with van der Waals surface area (Å²) in [5, 5.41) is 7.25. The number of nitrogens with zero attached hydrogens (tertiary/aromatic N) is 3. The first-order chi connectivity index (χ1) is 10.5. The Bertz CT molecular complexity index is 668. The molecule has 0 aliphatic carbocycles. The number of benzene rings is 1. The SMILES string of the molecule is CN(CCN)C(=O)C(=O)Nc1cnn(-c2ccc(Cl)cc2)c1. The van der Waals surface area contributed by atoms with E-state index in [-0.39, 0.29) is 0 Å². The molecule has 116 valence electrons. The van der Waals surface area contributed by atoms with Crippen molar-refractivity contribution < 1.29 is 9.59 Å². The number of carbonyl (C=O) groups is 2. The first-order valence-corrected chi connectivity index (χ1v) is 6.96. The van der Waals surface area contributed by atoms with Gasteiger partial charge in [-0.05, 0) is 24.3 Å². The molecule has 0 radical (unpaired) electrons. The van der Waals surface area contributed by atoms with E-state index in [4.69, 9.17) is 17.3 Å². The van der Waals surface area contributed by atoms with E-state index in [0.717, 1.165) is 5.69 Å². The summed E-state index contributed by atoms with van der Waals surface area (Å²) in [4.78, 5) is 24.9. The summed E-state index contributed by atoms with van der Waals surface area (Å²) in [6, 6.07) is 7.06. The van der Waals surface area contributed by atoms with Gasteiger partial charge in [-0.15, -0.1) is 0 Å². The van der Waals surface area contributed by atoms with Crippen molar-refractivity contribution in [3.05, 3.63) is 41.7 Å². The van der Waals surface area contributed by atoms with E-state index in [1.54, 1.807) is 35.1 Å². The molecule has 2 aromatic rings. The largest absolute Gasteiger partial charge is 0.336 e. The van der Waals surface area contributed by atoms with Gasteiger partial charge in [0.05, 0.1) is 23.8 Å². The minimum absolute atomic E-state index is 0.296. The third-order valence-corrected chi connectivity index (χ3v) is 3.19. The molecule has 0 aliphatic rings. The van der Waals surface area contributed by atoms with Crippen molar-refractivity contribution in [2.45, 2.75) is 0 Å². The summed E-state index contributed by atoms with van der Waals surface area (Å²) >= 11 is 5.83. The molecule has 0 bridgehead atoms. The van der Waals surface area contributed by atoms with Gasteiger partial charge >= 0.3 is 11.8 Å². The molecule has 3 N–H and O–H groups in total. The summed E-state index contributed by atoms with van der Waals surface area (Å²) in [7, 11) is 1.52. The predicted molar refractivity (Wildman–Crippen MR) is 83.9 cm³/mol. The zero-order valence-corrected chi connectivity index (χ0v) is 12.7. The van der Waals surface area contributed by atoms with E-state index < -0.39 is 11.8 Å². The molecule has 1 aromatic heterocycles. The van der Waals surface area contributed by atoms with Crippen molar-refractivity contribution in [3.8, 4) is 5.69 Å². The minimum atomic E-state index is -0.730. The average molecular weight is 322 g/mol. The molecule has 0 saturated heterocycles. The van der Waals surface area contributed by atoms with Crippen LogP contribution in [-0.4, -0.2) is 46.6 Å². The van der Waals surface area contributed by atoms with E-state index in [2.05, 4.69) is 10.4 Å². The molecule has 8 heteroatoms. The van der Waals surface area contributed by atoms with Crippen LogP contribution in [0.25, 0.3) is 5.69 Å². The molecule has 2 rings (SSSR count). The van der Waals surface area contributed by atoms with Crippen molar-refractivity contribution in [2.75, 3.05) is 25.5 Å². The molecule has 0 fully saturated rings. The maximum absolute atomic E-state index is 11.8. The van der Waals surface area contributed by atoms with Crippen molar-refractivity contribution in [3.63, 3.8) is 0 Å². The molecular weight excluding hydrogens is 306 g/mol. The Labute approximate surface area is 132 Å². The third-order valence-electron chi connectivity index (χ3n) is 2.94. The van der Waals surface area contributed by atoms with E-state index >= 15 is 0 Å². The van der Waals surface area contributed by atoms with Crippen LogP contribution in [0.5, 0.6) is 0 Å². The number of anilines is 1. The van der Waals surface area contributed by atoms with Crippen LogP contribution >= 0.6 is 11.6 Å². The van der Waals surface area contributed by atoms with Gasteiger partial charge in [0.25, 0.3) is 0 Å². The van der Waals surface area contributed by atoms with Crippen LogP contribution in [0.2, 0.25) is 5.02 Å². The van der Waals surface area contributed by atoms with Gasteiger partial charge in [0, 0.05) is 25.2 Å². The Morgan fingerprint density at radius 2 is 2.05 bits per heavy atom. The summed E-state index contributed by atoms with van der Waals surface area (Å²) in [6.45, 7) is 0.611. The lowest BCUT2D eigenvalue weighted by Crippen LogP contribution is -2.39. The molecule has 0 aliphatic heterocycles. The monoisotopic (exact) mass is 321 g/mol. The number of amides is 2. The van der Waals surface area contributed by atoms with Crippen LogP contribution in [0.15, 0.2) is 36.7 Å². The summed E-state index contributed by atoms with van der Waals surface area (Å²) in [5.41, 5.74) is 6.56. The highest BCUT2D eigenvalue weighted by Crippen LogP contribution is 2.15. The molecule has 7 nitrogen and oxygen atoms in total. The Morgan fingerprint density at radius 1 is 1.36 bits per heavy atom. The van der Waals surface area contributed by atoms with Crippen LogP contribution in [0, 0.1) is 0 Å². The number of rotatable bonds is 4. The molecular formula is C14H16ClN5O2. The summed E-state index contributed by atoms with van der Waals surface area (Å²) < 4.78 is 1.57. The Morgan fingerprint density at radius 3 is 2.68 bits per heavy atom. The molecule has 0 atom stereocenters. The Kier molecular flexibility index (Phi) is 5.13. The quantitative estimate of drug-likeness (QED) is 0.818. The number of nitrogens with two attached hydrogens (primary N) is 1. The molecule has 1 aromatic carbocycles. The second-order valence-electron chi connectivity index (χ2n) is 4.62. The summed E-state index contributed by atoms with van der Waals surface area (Å²) in [5.74, 6) is -1.38. The zero-order valence-electron chi connectivity index (χ0n) is 12.0. The second-order valence-corrected chi connectivity index (χ2v) is 5.06. The van der Waals surface area contributed by atoms with Crippen LogP contribution in [-0.2, 0) is 9.59 Å². The number of hydrogen-bond acceptors (Lipinski definition) is 4. The number of aromatic nitrogens is 2.